The van der Waals surface area contributed by atoms with E-state index in [1.54, 1.807) is 24.3 Å². The second kappa shape index (κ2) is 3.71. The number of hydrogen-bond acceptors (Lipinski definition) is 4. The first kappa shape index (κ1) is 9.69. The Kier molecular flexibility index (Phi) is 2.40. The number of benzene rings is 1. The fraction of sp³-hybridized carbons (Fsp3) is 0.273. The fourth-order valence-electron chi connectivity index (χ4n) is 1.41. The molecule has 0 bridgehead atoms. The monoisotopic (exact) mass is 203 g/mol. The van der Waals surface area contributed by atoms with Gasteiger partial charge in [-0.15, -0.1) is 0 Å². The van der Waals surface area contributed by atoms with Gasteiger partial charge in [-0.05, 0) is 17.7 Å². The van der Waals surface area contributed by atoms with E-state index in [0.717, 1.165) is 5.56 Å². The SMILES string of the molecule is COC(=O)[C@@H]1O[C@@H]1c1ccc(C#N)cc1. The Hall–Kier alpha value is -1.86. The maximum absolute atomic E-state index is 11.1. The Morgan fingerprint density at radius 3 is 2.67 bits per heavy atom. The Morgan fingerprint density at radius 2 is 2.13 bits per heavy atom. The van der Waals surface area contributed by atoms with Gasteiger partial charge in [0.15, 0.2) is 6.10 Å². The zero-order valence-corrected chi connectivity index (χ0v) is 8.14. The average Bonchev–Trinajstić information content (AvgIpc) is 3.08. The number of rotatable bonds is 2. The third-order valence-corrected chi connectivity index (χ3v) is 2.29. The molecule has 2 atom stereocenters. The summed E-state index contributed by atoms with van der Waals surface area (Å²) < 4.78 is 9.73. The van der Waals surface area contributed by atoms with E-state index in [1.165, 1.54) is 7.11 Å². The van der Waals surface area contributed by atoms with Crippen LogP contribution < -0.4 is 0 Å². The number of carbonyl (C=O) groups is 1. The van der Waals surface area contributed by atoms with Gasteiger partial charge in [0, 0.05) is 0 Å². The van der Waals surface area contributed by atoms with Crippen LogP contribution in [0.4, 0.5) is 0 Å². The molecule has 1 aromatic carbocycles. The topological polar surface area (TPSA) is 62.6 Å². The number of nitrogens with zero attached hydrogens (tertiary/aromatic N) is 1. The summed E-state index contributed by atoms with van der Waals surface area (Å²) >= 11 is 0. The first-order valence-corrected chi connectivity index (χ1v) is 4.49. The van der Waals surface area contributed by atoms with Crippen molar-refractivity contribution in [2.24, 2.45) is 0 Å². The molecule has 4 nitrogen and oxygen atoms in total. The summed E-state index contributed by atoms with van der Waals surface area (Å²) in [4.78, 5) is 11.1. The maximum atomic E-state index is 11.1. The van der Waals surface area contributed by atoms with Crippen LogP contribution in [0.2, 0.25) is 0 Å². The smallest absolute Gasteiger partial charge is 0.338 e. The van der Waals surface area contributed by atoms with Crippen LogP contribution in [0.25, 0.3) is 0 Å². The van der Waals surface area contributed by atoms with Crippen LogP contribution >= 0.6 is 0 Å². The zero-order valence-electron chi connectivity index (χ0n) is 8.14. The average molecular weight is 203 g/mol. The van der Waals surface area contributed by atoms with Gasteiger partial charge in [-0.3, -0.25) is 0 Å². The normalized spacial score (nSPS) is 22.9. The van der Waals surface area contributed by atoms with E-state index in [4.69, 9.17) is 10.00 Å². The predicted molar refractivity (Wildman–Crippen MR) is 50.8 cm³/mol. The van der Waals surface area contributed by atoms with Gasteiger partial charge in [0.2, 0.25) is 0 Å². The molecule has 0 aromatic heterocycles. The summed E-state index contributed by atoms with van der Waals surface area (Å²) in [7, 11) is 1.33. The number of hydrogen-bond donors (Lipinski definition) is 0. The summed E-state index contributed by atoms with van der Waals surface area (Å²) in [6.07, 6.45) is -0.701. The van der Waals surface area contributed by atoms with E-state index >= 15 is 0 Å². The molecule has 0 N–H and O–H groups in total. The van der Waals surface area contributed by atoms with E-state index in [-0.39, 0.29) is 12.1 Å². The largest absolute Gasteiger partial charge is 0.467 e. The third-order valence-electron chi connectivity index (χ3n) is 2.29. The van der Waals surface area contributed by atoms with Crippen molar-refractivity contribution in [1.29, 1.82) is 5.26 Å². The highest BCUT2D eigenvalue weighted by atomic mass is 16.6. The maximum Gasteiger partial charge on any atom is 0.338 e. The molecule has 0 saturated carbocycles. The van der Waals surface area contributed by atoms with Gasteiger partial charge in [-0.2, -0.15) is 5.26 Å². The number of methoxy groups -OCH3 is 1. The molecule has 1 heterocycles. The van der Waals surface area contributed by atoms with Crippen LogP contribution in [0, 0.1) is 11.3 Å². The summed E-state index contributed by atoms with van der Waals surface area (Å²) in [6, 6.07) is 8.99. The van der Waals surface area contributed by atoms with Gasteiger partial charge in [0.05, 0.1) is 18.7 Å². The number of ether oxygens (including phenoxy) is 2. The van der Waals surface area contributed by atoms with Crippen LogP contribution in [0.1, 0.15) is 17.2 Å². The molecular weight excluding hydrogens is 194 g/mol. The number of esters is 1. The molecule has 1 fully saturated rings. The van der Waals surface area contributed by atoms with Gasteiger partial charge < -0.3 is 9.47 Å². The summed E-state index contributed by atoms with van der Waals surface area (Å²) in [5.74, 6) is -0.357. The lowest BCUT2D eigenvalue weighted by molar-refractivity contribution is -0.142. The minimum atomic E-state index is -0.483. The molecule has 1 aliphatic rings. The van der Waals surface area contributed by atoms with E-state index < -0.39 is 6.10 Å². The molecule has 0 amide bonds. The van der Waals surface area contributed by atoms with Crippen LogP contribution in [0.3, 0.4) is 0 Å². The van der Waals surface area contributed by atoms with E-state index in [1.807, 2.05) is 6.07 Å². The lowest BCUT2D eigenvalue weighted by Gasteiger charge is -1.95. The Labute approximate surface area is 87.0 Å². The minimum Gasteiger partial charge on any atom is -0.467 e. The van der Waals surface area contributed by atoms with E-state index in [9.17, 15) is 4.79 Å². The first-order chi connectivity index (χ1) is 7.26. The van der Waals surface area contributed by atoms with Crippen molar-refractivity contribution in [3.63, 3.8) is 0 Å². The third kappa shape index (κ3) is 1.83. The second-order valence-electron chi connectivity index (χ2n) is 3.23. The van der Waals surface area contributed by atoms with Crippen molar-refractivity contribution < 1.29 is 14.3 Å². The van der Waals surface area contributed by atoms with E-state index in [2.05, 4.69) is 4.74 Å². The van der Waals surface area contributed by atoms with Gasteiger partial charge in [-0.1, -0.05) is 12.1 Å². The molecule has 0 aliphatic carbocycles. The summed E-state index contributed by atoms with van der Waals surface area (Å²) in [6.45, 7) is 0. The molecule has 1 aromatic rings. The Morgan fingerprint density at radius 1 is 1.47 bits per heavy atom. The molecular formula is C11H9NO3. The standard InChI is InChI=1S/C11H9NO3/c1-14-11(13)10-9(15-10)8-4-2-7(6-12)3-5-8/h2-5,9-10H,1H3/t9-,10-/m1/s1. The Bertz CT molecular complexity index is 418. The van der Waals surface area contributed by atoms with Crippen molar-refractivity contribution in [2.75, 3.05) is 7.11 Å². The quantitative estimate of drug-likeness (QED) is 0.534. The van der Waals surface area contributed by atoms with Gasteiger partial charge in [0.25, 0.3) is 0 Å². The lowest BCUT2D eigenvalue weighted by atomic mass is 10.1. The number of carbonyl (C=O) groups excluding carboxylic acids is 1. The van der Waals surface area contributed by atoms with Crippen molar-refractivity contribution in [1.82, 2.24) is 0 Å². The molecule has 76 valence electrons. The molecule has 1 saturated heterocycles. The lowest BCUT2D eigenvalue weighted by Crippen LogP contribution is -2.09. The van der Waals surface area contributed by atoms with Crippen LogP contribution in [0.5, 0.6) is 0 Å². The zero-order chi connectivity index (χ0) is 10.8. The van der Waals surface area contributed by atoms with Crippen molar-refractivity contribution >= 4 is 5.97 Å². The number of epoxide rings is 1. The summed E-state index contributed by atoms with van der Waals surface area (Å²) in [5, 5.41) is 8.61. The molecule has 0 spiro atoms. The molecule has 4 heteroatoms. The molecule has 15 heavy (non-hydrogen) atoms. The van der Waals surface area contributed by atoms with Crippen LogP contribution in [-0.2, 0) is 14.3 Å². The second-order valence-corrected chi connectivity index (χ2v) is 3.23. The van der Waals surface area contributed by atoms with Gasteiger partial charge >= 0.3 is 5.97 Å². The highest BCUT2D eigenvalue weighted by Crippen LogP contribution is 2.39. The van der Waals surface area contributed by atoms with Gasteiger partial charge in [0.1, 0.15) is 6.10 Å². The molecule has 2 rings (SSSR count). The van der Waals surface area contributed by atoms with E-state index in [0.29, 0.717) is 5.56 Å². The molecule has 1 aliphatic heterocycles. The highest BCUT2D eigenvalue weighted by molar-refractivity contribution is 5.78. The summed E-state index contributed by atoms with van der Waals surface area (Å²) in [5.41, 5.74) is 1.48. The van der Waals surface area contributed by atoms with Crippen LogP contribution in [0.15, 0.2) is 24.3 Å². The van der Waals surface area contributed by atoms with Crippen LogP contribution in [-0.4, -0.2) is 19.2 Å². The predicted octanol–water partition coefficient (Wildman–Crippen LogP) is 1.17. The van der Waals surface area contributed by atoms with Gasteiger partial charge in [-0.25, -0.2) is 4.79 Å². The van der Waals surface area contributed by atoms with Crippen molar-refractivity contribution in [2.45, 2.75) is 12.2 Å². The molecule has 0 radical (unpaired) electrons. The number of nitriles is 1. The Balaban J connectivity index is 2.08. The minimum absolute atomic E-state index is 0.217. The molecule has 0 unspecified atom stereocenters. The van der Waals surface area contributed by atoms with Crippen molar-refractivity contribution in [3.8, 4) is 6.07 Å². The highest BCUT2D eigenvalue weighted by Gasteiger charge is 2.47. The first-order valence-electron chi connectivity index (χ1n) is 4.49. The fourth-order valence-corrected chi connectivity index (χ4v) is 1.41. The van der Waals surface area contributed by atoms with Crippen molar-refractivity contribution in [3.05, 3.63) is 35.4 Å².